The molecule has 8 heteroatoms. The van der Waals surface area contributed by atoms with E-state index in [-0.39, 0.29) is 6.42 Å². The molecular weight excluding hydrogens is 278 g/mol. The number of hydrogen-bond acceptors (Lipinski definition) is 2. The highest BCUT2D eigenvalue weighted by atomic mass is 19.4. The number of carbonyl (C=O) groups is 1. The number of allylic oxidation sites excluding steroid dienone is 1. The molecule has 112 valence electrons. The minimum absolute atomic E-state index is 0.0751. The standard InChI is InChI=1S/C11H14F6O2/c1-6(2)5-9(3,4)8(18)19-7(10(12,13)14)11(15,16)17/h7H,1,5H2,2-4H3. The van der Waals surface area contributed by atoms with Gasteiger partial charge in [0, 0.05) is 0 Å². The number of esters is 1. The zero-order chi connectivity index (χ0) is 15.6. The van der Waals surface area contributed by atoms with Crippen molar-refractivity contribution in [3.05, 3.63) is 12.2 Å². The molecule has 0 heterocycles. The van der Waals surface area contributed by atoms with Crippen LogP contribution >= 0.6 is 0 Å². The third kappa shape index (κ3) is 5.52. The second kappa shape index (κ2) is 5.42. The summed E-state index contributed by atoms with van der Waals surface area (Å²) < 4.78 is 76.9. The Labute approximate surface area is 106 Å². The van der Waals surface area contributed by atoms with Crippen molar-refractivity contribution in [2.45, 2.75) is 45.6 Å². The highest BCUT2D eigenvalue weighted by Crippen LogP contribution is 2.37. The predicted octanol–water partition coefficient (Wildman–Crippen LogP) is 4.02. The summed E-state index contributed by atoms with van der Waals surface area (Å²) in [5.41, 5.74) is -1.07. The van der Waals surface area contributed by atoms with Gasteiger partial charge in [0.1, 0.15) is 0 Å². The van der Waals surface area contributed by atoms with Crippen molar-refractivity contribution >= 4 is 5.97 Å². The lowest BCUT2D eigenvalue weighted by Crippen LogP contribution is -2.47. The van der Waals surface area contributed by atoms with Crippen LogP contribution in [0.3, 0.4) is 0 Å². The molecule has 0 aromatic carbocycles. The number of halogens is 6. The molecule has 0 atom stereocenters. The Bertz CT molecular complexity index is 339. The van der Waals surface area contributed by atoms with Gasteiger partial charge in [-0.3, -0.25) is 4.79 Å². The highest BCUT2D eigenvalue weighted by molar-refractivity contribution is 5.76. The van der Waals surface area contributed by atoms with Gasteiger partial charge >= 0.3 is 18.3 Å². The Hall–Kier alpha value is -1.21. The van der Waals surface area contributed by atoms with E-state index < -0.39 is 29.8 Å². The second-order valence-electron chi connectivity index (χ2n) is 4.89. The summed E-state index contributed by atoms with van der Waals surface area (Å²) in [5, 5.41) is 0. The van der Waals surface area contributed by atoms with Gasteiger partial charge < -0.3 is 4.74 Å². The maximum absolute atomic E-state index is 12.2. The van der Waals surface area contributed by atoms with Gasteiger partial charge in [0.05, 0.1) is 5.41 Å². The van der Waals surface area contributed by atoms with Gasteiger partial charge in [-0.05, 0) is 27.2 Å². The molecule has 0 saturated carbocycles. The topological polar surface area (TPSA) is 26.3 Å². The number of alkyl halides is 6. The van der Waals surface area contributed by atoms with Gasteiger partial charge in [-0.2, -0.15) is 26.3 Å². The van der Waals surface area contributed by atoms with Crippen LogP contribution in [0, 0.1) is 5.41 Å². The van der Waals surface area contributed by atoms with Crippen LogP contribution in [0.25, 0.3) is 0 Å². The van der Waals surface area contributed by atoms with Gasteiger partial charge in [0.15, 0.2) is 0 Å². The van der Waals surface area contributed by atoms with Crippen molar-refractivity contribution < 1.29 is 35.9 Å². The first-order chi connectivity index (χ1) is 8.18. The summed E-state index contributed by atoms with van der Waals surface area (Å²) in [6, 6.07) is 0. The van der Waals surface area contributed by atoms with E-state index in [2.05, 4.69) is 11.3 Å². The summed E-state index contributed by atoms with van der Waals surface area (Å²) in [6.45, 7) is 7.32. The van der Waals surface area contributed by atoms with Crippen molar-refractivity contribution in [2.24, 2.45) is 5.41 Å². The second-order valence-corrected chi connectivity index (χ2v) is 4.89. The number of hydrogen-bond donors (Lipinski definition) is 0. The SMILES string of the molecule is C=C(C)CC(C)(C)C(=O)OC(C(F)(F)F)C(F)(F)F. The molecule has 0 N–H and O–H groups in total. The largest absolute Gasteiger partial charge is 0.442 e. The molecule has 0 fully saturated rings. The molecule has 0 spiro atoms. The average Bonchev–Trinajstić information content (AvgIpc) is 2.07. The van der Waals surface area contributed by atoms with E-state index in [0.29, 0.717) is 5.57 Å². The Kier molecular flexibility index (Phi) is 5.08. The van der Waals surface area contributed by atoms with E-state index in [4.69, 9.17) is 0 Å². The third-order valence-electron chi connectivity index (χ3n) is 2.12. The normalized spacial score (nSPS) is 13.6. The predicted molar refractivity (Wildman–Crippen MR) is 55.2 cm³/mol. The lowest BCUT2D eigenvalue weighted by molar-refractivity contribution is -0.315. The van der Waals surface area contributed by atoms with Gasteiger partial charge in [-0.15, -0.1) is 6.58 Å². The van der Waals surface area contributed by atoms with E-state index in [0.717, 1.165) is 0 Å². The van der Waals surface area contributed by atoms with E-state index in [1.165, 1.54) is 20.8 Å². The smallest absolute Gasteiger partial charge is 0.434 e. The molecule has 0 aromatic heterocycles. The lowest BCUT2D eigenvalue weighted by atomic mass is 9.86. The van der Waals surface area contributed by atoms with Crippen molar-refractivity contribution in [2.75, 3.05) is 0 Å². The van der Waals surface area contributed by atoms with Crippen molar-refractivity contribution in [1.82, 2.24) is 0 Å². The molecule has 0 rings (SSSR count). The quantitative estimate of drug-likeness (QED) is 0.444. The zero-order valence-electron chi connectivity index (χ0n) is 10.6. The minimum atomic E-state index is -5.70. The average molecular weight is 292 g/mol. The highest BCUT2D eigenvalue weighted by Gasteiger charge is 2.60. The Balaban J connectivity index is 5.08. The molecule has 0 bridgehead atoms. The third-order valence-corrected chi connectivity index (χ3v) is 2.12. The van der Waals surface area contributed by atoms with Gasteiger partial charge in [0.2, 0.25) is 0 Å². The van der Waals surface area contributed by atoms with Crippen LogP contribution < -0.4 is 0 Å². The van der Waals surface area contributed by atoms with Gasteiger partial charge in [-0.1, -0.05) is 5.57 Å². The number of carbonyl (C=O) groups excluding carboxylic acids is 1. The van der Waals surface area contributed by atoms with Gasteiger partial charge in [0.25, 0.3) is 6.10 Å². The molecule has 0 unspecified atom stereocenters. The van der Waals surface area contributed by atoms with Crippen LogP contribution in [-0.2, 0) is 9.53 Å². The van der Waals surface area contributed by atoms with E-state index >= 15 is 0 Å². The maximum atomic E-state index is 12.2. The molecular formula is C11H14F6O2. The van der Waals surface area contributed by atoms with Crippen LogP contribution in [0.1, 0.15) is 27.2 Å². The summed E-state index contributed by atoms with van der Waals surface area (Å²) in [4.78, 5) is 11.4. The first kappa shape index (κ1) is 17.8. The Morgan fingerprint density at radius 3 is 1.74 bits per heavy atom. The Morgan fingerprint density at radius 2 is 1.47 bits per heavy atom. The van der Waals surface area contributed by atoms with E-state index in [9.17, 15) is 31.1 Å². The summed E-state index contributed by atoms with van der Waals surface area (Å²) in [6.07, 6.45) is -15.6. The molecule has 0 aliphatic rings. The first-order valence-electron chi connectivity index (χ1n) is 5.17. The molecule has 0 aliphatic heterocycles. The fourth-order valence-corrected chi connectivity index (χ4v) is 1.41. The number of ether oxygens (including phenoxy) is 1. The molecule has 2 nitrogen and oxygen atoms in total. The van der Waals surface area contributed by atoms with Crippen molar-refractivity contribution in [3.8, 4) is 0 Å². The first-order valence-corrected chi connectivity index (χ1v) is 5.17. The van der Waals surface area contributed by atoms with Crippen molar-refractivity contribution in [3.63, 3.8) is 0 Å². The van der Waals surface area contributed by atoms with Crippen LogP contribution in [0.2, 0.25) is 0 Å². The summed E-state index contributed by atoms with van der Waals surface area (Å²) in [7, 11) is 0. The maximum Gasteiger partial charge on any atom is 0.434 e. The van der Waals surface area contributed by atoms with Crippen LogP contribution in [0.5, 0.6) is 0 Å². The summed E-state index contributed by atoms with van der Waals surface area (Å²) >= 11 is 0. The van der Waals surface area contributed by atoms with E-state index in [1.807, 2.05) is 0 Å². The molecule has 0 radical (unpaired) electrons. The molecule has 0 amide bonds. The molecule has 19 heavy (non-hydrogen) atoms. The number of rotatable bonds is 4. The van der Waals surface area contributed by atoms with E-state index in [1.54, 1.807) is 0 Å². The Morgan fingerprint density at radius 1 is 1.11 bits per heavy atom. The zero-order valence-corrected chi connectivity index (χ0v) is 10.6. The molecule has 0 saturated heterocycles. The van der Waals surface area contributed by atoms with Crippen molar-refractivity contribution in [1.29, 1.82) is 0 Å². The fourth-order valence-electron chi connectivity index (χ4n) is 1.41. The van der Waals surface area contributed by atoms with Crippen LogP contribution in [0.15, 0.2) is 12.2 Å². The monoisotopic (exact) mass is 292 g/mol. The van der Waals surface area contributed by atoms with Crippen LogP contribution in [0.4, 0.5) is 26.3 Å². The van der Waals surface area contributed by atoms with Crippen LogP contribution in [-0.4, -0.2) is 24.4 Å². The summed E-state index contributed by atoms with van der Waals surface area (Å²) in [5.74, 6) is -1.57. The lowest BCUT2D eigenvalue weighted by Gasteiger charge is -2.28. The fraction of sp³-hybridized carbons (Fsp3) is 0.727. The van der Waals surface area contributed by atoms with Gasteiger partial charge in [-0.25, -0.2) is 0 Å². The molecule has 0 aromatic rings. The molecule has 0 aliphatic carbocycles. The minimum Gasteiger partial charge on any atom is -0.442 e.